The summed E-state index contributed by atoms with van der Waals surface area (Å²) in [7, 11) is 0. The summed E-state index contributed by atoms with van der Waals surface area (Å²) in [6, 6.07) is 20.3. The van der Waals surface area contributed by atoms with Gasteiger partial charge in [-0.15, -0.1) is 0 Å². The average molecular weight is 276 g/mol. The van der Waals surface area contributed by atoms with Crippen LogP contribution in [0.4, 0.5) is 0 Å². The van der Waals surface area contributed by atoms with Crippen molar-refractivity contribution < 1.29 is 4.52 Å². The SMILES string of the molecule is CC(C)OP(=S)(c1ccccc1)c1ccccc1. The third-order valence-corrected chi connectivity index (χ3v) is 6.75. The molecule has 0 aliphatic rings. The average Bonchev–Trinajstić information content (AvgIpc) is 2.40. The molecule has 0 saturated carbocycles. The lowest BCUT2D eigenvalue weighted by Gasteiger charge is -2.25. The van der Waals surface area contributed by atoms with Crippen molar-refractivity contribution >= 4 is 28.7 Å². The molecule has 0 atom stereocenters. The Morgan fingerprint density at radius 2 is 1.22 bits per heavy atom. The van der Waals surface area contributed by atoms with Gasteiger partial charge in [0.25, 0.3) is 0 Å². The minimum Gasteiger partial charge on any atom is -0.340 e. The maximum atomic E-state index is 6.14. The Labute approximate surface area is 114 Å². The van der Waals surface area contributed by atoms with Gasteiger partial charge < -0.3 is 4.52 Å². The molecule has 0 aliphatic carbocycles. The van der Waals surface area contributed by atoms with Crippen LogP contribution in [-0.2, 0) is 16.3 Å². The molecule has 0 fully saturated rings. The first kappa shape index (κ1) is 13.5. The van der Waals surface area contributed by atoms with E-state index in [4.69, 9.17) is 16.3 Å². The molecule has 0 heterocycles. The van der Waals surface area contributed by atoms with E-state index in [9.17, 15) is 0 Å². The first-order valence-corrected chi connectivity index (χ1v) is 8.74. The minimum atomic E-state index is -2.15. The summed E-state index contributed by atoms with van der Waals surface area (Å²) in [4.78, 5) is 0. The van der Waals surface area contributed by atoms with Crippen LogP contribution in [0.25, 0.3) is 0 Å². The predicted molar refractivity (Wildman–Crippen MR) is 82.7 cm³/mol. The topological polar surface area (TPSA) is 9.23 Å². The molecule has 3 heteroatoms. The van der Waals surface area contributed by atoms with E-state index in [1.165, 1.54) is 0 Å². The van der Waals surface area contributed by atoms with Gasteiger partial charge in [0.1, 0.15) is 6.26 Å². The summed E-state index contributed by atoms with van der Waals surface area (Å²) < 4.78 is 6.14. The molecule has 94 valence electrons. The molecule has 0 spiro atoms. The molecule has 0 aromatic heterocycles. The zero-order chi connectivity index (χ0) is 13.0. The predicted octanol–water partition coefficient (Wildman–Crippen LogP) is 3.46. The standard InChI is InChI=1S/C15H17OPS/c1-13(2)16-17(18,14-9-5-3-6-10-14)15-11-7-4-8-12-15/h3-13H,1-2H3. The lowest BCUT2D eigenvalue weighted by molar-refractivity contribution is 0.276. The quantitative estimate of drug-likeness (QED) is 0.791. The highest BCUT2D eigenvalue weighted by atomic mass is 32.4. The van der Waals surface area contributed by atoms with Crippen LogP contribution in [-0.4, -0.2) is 6.10 Å². The van der Waals surface area contributed by atoms with Gasteiger partial charge in [-0.1, -0.05) is 72.5 Å². The molecule has 2 rings (SSSR count). The van der Waals surface area contributed by atoms with E-state index in [0.29, 0.717) is 0 Å². The van der Waals surface area contributed by atoms with Crippen LogP contribution in [0.1, 0.15) is 13.8 Å². The molecule has 0 aliphatic heterocycles. The van der Waals surface area contributed by atoms with Crippen molar-refractivity contribution in [3.63, 3.8) is 0 Å². The summed E-state index contributed by atoms with van der Waals surface area (Å²) in [6.07, 6.45) is -2.03. The van der Waals surface area contributed by atoms with E-state index in [1.54, 1.807) is 0 Å². The van der Waals surface area contributed by atoms with Gasteiger partial charge in [0, 0.05) is 10.6 Å². The molecule has 0 bridgehead atoms. The second kappa shape index (κ2) is 5.79. The fourth-order valence-corrected chi connectivity index (χ4v) is 5.33. The third-order valence-electron chi connectivity index (χ3n) is 2.55. The van der Waals surface area contributed by atoms with Crippen molar-refractivity contribution in [3.8, 4) is 0 Å². The highest BCUT2D eigenvalue weighted by Gasteiger charge is 2.24. The van der Waals surface area contributed by atoms with Crippen LogP contribution in [0, 0.1) is 0 Å². The van der Waals surface area contributed by atoms with Gasteiger partial charge in [0.2, 0.25) is 0 Å². The van der Waals surface area contributed by atoms with Gasteiger partial charge in [0.15, 0.2) is 0 Å². The lowest BCUT2D eigenvalue weighted by atomic mass is 10.4. The lowest BCUT2D eigenvalue weighted by Crippen LogP contribution is -2.20. The Balaban J connectivity index is 2.52. The number of rotatable bonds is 4. The molecular formula is C15H17OPS. The second-order valence-corrected chi connectivity index (χ2v) is 8.27. The summed E-state index contributed by atoms with van der Waals surface area (Å²) in [6.45, 7) is 4.07. The zero-order valence-corrected chi connectivity index (χ0v) is 12.3. The van der Waals surface area contributed by atoms with Gasteiger partial charge in [-0.05, 0) is 13.8 Å². The largest absolute Gasteiger partial charge is 0.340 e. The summed E-state index contributed by atoms with van der Waals surface area (Å²) in [5.41, 5.74) is 0. The smallest absolute Gasteiger partial charge is 0.123 e. The maximum Gasteiger partial charge on any atom is 0.123 e. The van der Waals surface area contributed by atoms with Crippen LogP contribution in [0.2, 0.25) is 0 Å². The molecule has 0 N–H and O–H groups in total. The van der Waals surface area contributed by atoms with Crippen molar-refractivity contribution in [2.75, 3.05) is 0 Å². The number of hydrogen-bond acceptors (Lipinski definition) is 2. The molecule has 18 heavy (non-hydrogen) atoms. The summed E-state index contributed by atoms with van der Waals surface area (Å²) in [5.74, 6) is 0. The second-order valence-electron chi connectivity index (χ2n) is 4.38. The van der Waals surface area contributed by atoms with E-state index in [-0.39, 0.29) is 6.10 Å². The maximum absolute atomic E-state index is 6.14. The first-order chi connectivity index (χ1) is 8.63. The van der Waals surface area contributed by atoms with Crippen LogP contribution in [0.5, 0.6) is 0 Å². The fraction of sp³-hybridized carbons (Fsp3) is 0.200. The van der Waals surface area contributed by atoms with Crippen molar-refractivity contribution in [3.05, 3.63) is 60.7 Å². The fourth-order valence-electron chi connectivity index (χ4n) is 1.82. The van der Waals surface area contributed by atoms with E-state index in [1.807, 2.05) is 50.2 Å². The zero-order valence-electron chi connectivity index (χ0n) is 10.6. The monoisotopic (exact) mass is 276 g/mol. The highest BCUT2D eigenvalue weighted by Crippen LogP contribution is 2.46. The van der Waals surface area contributed by atoms with E-state index in [0.717, 1.165) is 10.6 Å². The van der Waals surface area contributed by atoms with E-state index in [2.05, 4.69) is 24.3 Å². The molecule has 2 aromatic carbocycles. The Hall–Kier alpha value is -0.950. The number of hydrogen-bond donors (Lipinski definition) is 0. The number of benzene rings is 2. The Morgan fingerprint density at radius 3 is 1.56 bits per heavy atom. The van der Waals surface area contributed by atoms with Gasteiger partial charge in [-0.2, -0.15) is 0 Å². The van der Waals surface area contributed by atoms with Crippen LogP contribution in [0.3, 0.4) is 0 Å². The van der Waals surface area contributed by atoms with Gasteiger partial charge in [-0.3, -0.25) is 0 Å². The third kappa shape index (κ3) is 2.89. The van der Waals surface area contributed by atoms with Gasteiger partial charge in [0.05, 0.1) is 6.10 Å². The van der Waals surface area contributed by atoms with Crippen molar-refractivity contribution in [1.82, 2.24) is 0 Å². The molecule has 2 aromatic rings. The van der Waals surface area contributed by atoms with Crippen LogP contribution in [0.15, 0.2) is 60.7 Å². The van der Waals surface area contributed by atoms with E-state index < -0.39 is 6.26 Å². The molecular weight excluding hydrogens is 259 g/mol. The van der Waals surface area contributed by atoms with Crippen molar-refractivity contribution in [1.29, 1.82) is 0 Å². The van der Waals surface area contributed by atoms with Crippen LogP contribution >= 0.6 is 6.26 Å². The molecule has 1 nitrogen and oxygen atoms in total. The van der Waals surface area contributed by atoms with Crippen molar-refractivity contribution in [2.24, 2.45) is 0 Å². The molecule has 0 unspecified atom stereocenters. The van der Waals surface area contributed by atoms with Crippen LogP contribution < -0.4 is 10.6 Å². The minimum absolute atomic E-state index is 0.122. The normalized spacial score (nSPS) is 11.7. The summed E-state index contributed by atoms with van der Waals surface area (Å²) >= 11 is 5.90. The highest BCUT2D eigenvalue weighted by molar-refractivity contribution is 8.19. The first-order valence-electron chi connectivity index (χ1n) is 6.02. The Kier molecular flexibility index (Phi) is 4.34. The Morgan fingerprint density at radius 1 is 0.833 bits per heavy atom. The Bertz CT molecular complexity index is 493. The van der Waals surface area contributed by atoms with E-state index >= 15 is 0 Å². The van der Waals surface area contributed by atoms with Gasteiger partial charge in [-0.25, -0.2) is 0 Å². The summed E-state index contributed by atoms with van der Waals surface area (Å²) in [5, 5.41) is 2.22. The molecule has 0 saturated heterocycles. The molecule has 0 amide bonds. The molecule has 0 radical (unpaired) electrons. The van der Waals surface area contributed by atoms with Crippen molar-refractivity contribution in [2.45, 2.75) is 20.0 Å². The van der Waals surface area contributed by atoms with Gasteiger partial charge >= 0.3 is 0 Å².